The van der Waals surface area contributed by atoms with Crippen LogP contribution in [-0.2, 0) is 16.7 Å². The Bertz CT molecular complexity index is 909. The first kappa shape index (κ1) is 14.6. The quantitative estimate of drug-likeness (QED) is 0.591. The summed E-state index contributed by atoms with van der Waals surface area (Å²) < 4.78 is 32.3. The second-order valence-corrected chi connectivity index (χ2v) is 6.55. The summed E-state index contributed by atoms with van der Waals surface area (Å²) in [5, 5.41) is 5.40. The third kappa shape index (κ3) is 3.29. The molecule has 2 aromatic carbocycles. The van der Waals surface area contributed by atoms with Crippen LogP contribution < -0.4 is 4.68 Å². The van der Waals surface area contributed by atoms with E-state index in [2.05, 4.69) is 5.10 Å². The fourth-order valence-electron chi connectivity index (χ4n) is 2.35. The Morgan fingerprint density at radius 1 is 1.00 bits per heavy atom. The van der Waals surface area contributed by atoms with E-state index in [1.54, 1.807) is 4.68 Å². The number of hydrogen-bond acceptors (Lipinski definition) is 3. The van der Waals surface area contributed by atoms with Crippen LogP contribution in [-0.4, -0.2) is 23.8 Å². The highest BCUT2D eigenvalue weighted by Crippen LogP contribution is 2.25. The number of aromatic nitrogens is 2. The van der Waals surface area contributed by atoms with E-state index in [4.69, 9.17) is 4.55 Å². The van der Waals surface area contributed by atoms with E-state index >= 15 is 0 Å². The molecule has 112 valence electrons. The van der Waals surface area contributed by atoms with Gasteiger partial charge in [0, 0.05) is 10.5 Å². The molecule has 1 N–H and O–H groups in total. The largest absolute Gasteiger partial charge is 0.285 e. The Hall–Kier alpha value is -2.31. The zero-order chi connectivity index (χ0) is 15.6. The summed E-state index contributed by atoms with van der Waals surface area (Å²) in [6.07, 6.45) is 1.81. The standard InChI is InChI=1S/C16H14N2O3S/c19-22(20,21)11-10-18-12-15(13-6-2-1-3-7-13)14-8-4-5-9-16(14)17-18/h1-9,12H,10-11H2/p+1. The molecule has 1 heterocycles. The van der Waals surface area contributed by atoms with Crippen LogP contribution in [0.5, 0.6) is 0 Å². The summed E-state index contributed by atoms with van der Waals surface area (Å²) in [6.45, 7) is 0.101. The van der Waals surface area contributed by atoms with Crippen molar-refractivity contribution in [1.82, 2.24) is 5.10 Å². The zero-order valence-electron chi connectivity index (χ0n) is 11.8. The van der Waals surface area contributed by atoms with Gasteiger partial charge in [-0.25, -0.2) is 0 Å². The van der Waals surface area contributed by atoms with E-state index in [-0.39, 0.29) is 12.3 Å². The molecule has 3 aromatic rings. The fraction of sp³-hybridized carbons (Fsp3) is 0.125. The van der Waals surface area contributed by atoms with Gasteiger partial charge in [-0.1, -0.05) is 53.2 Å². The van der Waals surface area contributed by atoms with Crippen molar-refractivity contribution in [1.29, 1.82) is 0 Å². The first-order chi connectivity index (χ1) is 10.5. The first-order valence-corrected chi connectivity index (χ1v) is 8.44. The maximum absolute atomic E-state index is 10.9. The van der Waals surface area contributed by atoms with Gasteiger partial charge < -0.3 is 0 Å². The monoisotopic (exact) mass is 315 g/mol. The van der Waals surface area contributed by atoms with Crippen molar-refractivity contribution in [3.05, 3.63) is 60.8 Å². The van der Waals surface area contributed by atoms with Crippen LogP contribution in [0.25, 0.3) is 22.0 Å². The van der Waals surface area contributed by atoms with Gasteiger partial charge in [-0.15, -0.1) is 0 Å². The Morgan fingerprint density at radius 3 is 2.41 bits per heavy atom. The molecule has 6 heteroatoms. The second-order valence-electron chi connectivity index (χ2n) is 4.98. The number of aryl methyl sites for hydroxylation is 1. The number of benzene rings is 2. The van der Waals surface area contributed by atoms with Crippen molar-refractivity contribution in [2.45, 2.75) is 6.54 Å². The molecule has 0 aliphatic heterocycles. The second kappa shape index (κ2) is 5.82. The third-order valence-corrected chi connectivity index (χ3v) is 4.07. The van der Waals surface area contributed by atoms with Crippen LogP contribution in [0.15, 0.2) is 60.8 Å². The number of nitrogens with zero attached hydrogens (tertiary/aromatic N) is 2. The van der Waals surface area contributed by atoms with Gasteiger partial charge in [0.05, 0.1) is 5.56 Å². The molecule has 0 fully saturated rings. The molecule has 0 atom stereocenters. The summed E-state index contributed by atoms with van der Waals surface area (Å²) in [6, 6.07) is 17.5. The van der Waals surface area contributed by atoms with Crippen LogP contribution in [0.1, 0.15) is 0 Å². The lowest BCUT2D eigenvalue weighted by Gasteiger charge is -2.05. The molecule has 0 aliphatic carbocycles. The molecule has 0 bridgehead atoms. The molecule has 22 heavy (non-hydrogen) atoms. The lowest BCUT2D eigenvalue weighted by Crippen LogP contribution is -2.40. The average molecular weight is 315 g/mol. The van der Waals surface area contributed by atoms with Gasteiger partial charge in [-0.2, -0.15) is 8.42 Å². The summed E-state index contributed by atoms with van der Waals surface area (Å²) in [5.41, 5.74) is 2.78. The van der Waals surface area contributed by atoms with Gasteiger partial charge in [-0.05, 0) is 11.6 Å². The van der Waals surface area contributed by atoms with Crippen LogP contribution in [0.3, 0.4) is 0 Å². The molecule has 0 aliphatic rings. The molecule has 0 amide bonds. The predicted molar refractivity (Wildman–Crippen MR) is 83.8 cm³/mol. The summed E-state index contributed by atoms with van der Waals surface area (Å²) in [5.74, 6) is -0.364. The van der Waals surface area contributed by atoms with Crippen molar-refractivity contribution in [2.75, 3.05) is 5.75 Å². The maximum atomic E-state index is 10.9. The summed E-state index contributed by atoms with van der Waals surface area (Å²) in [7, 11) is -4.01. The molecular weight excluding hydrogens is 300 g/mol. The van der Waals surface area contributed by atoms with E-state index < -0.39 is 10.1 Å². The van der Waals surface area contributed by atoms with Crippen LogP contribution in [0, 0.1) is 0 Å². The highest BCUT2D eigenvalue weighted by Gasteiger charge is 2.16. The highest BCUT2D eigenvalue weighted by atomic mass is 32.2. The normalized spacial score (nSPS) is 11.7. The Morgan fingerprint density at radius 2 is 1.68 bits per heavy atom. The van der Waals surface area contributed by atoms with Crippen molar-refractivity contribution in [3.8, 4) is 11.1 Å². The molecule has 0 radical (unpaired) electrons. The third-order valence-electron chi connectivity index (χ3n) is 3.37. The molecule has 5 nitrogen and oxygen atoms in total. The highest BCUT2D eigenvalue weighted by molar-refractivity contribution is 7.85. The molecule has 0 saturated heterocycles. The lowest BCUT2D eigenvalue weighted by atomic mass is 10.0. The molecule has 0 spiro atoms. The van der Waals surface area contributed by atoms with Gasteiger partial charge in [-0.3, -0.25) is 4.55 Å². The SMILES string of the molecule is O=S(=O)(O)CC[n+]1cc(-c2ccccc2)c2ccccc2n1. The topological polar surface area (TPSA) is 71.1 Å². The first-order valence-electron chi connectivity index (χ1n) is 6.83. The Balaban J connectivity index is 2.13. The van der Waals surface area contributed by atoms with Gasteiger partial charge >= 0.3 is 0 Å². The average Bonchev–Trinajstić information content (AvgIpc) is 2.52. The van der Waals surface area contributed by atoms with E-state index in [1.807, 2.05) is 60.8 Å². The van der Waals surface area contributed by atoms with E-state index in [0.29, 0.717) is 0 Å². The molecule has 3 rings (SSSR count). The number of rotatable bonds is 4. The fourth-order valence-corrected chi connectivity index (χ4v) is 2.76. The summed E-state index contributed by atoms with van der Waals surface area (Å²) >= 11 is 0. The van der Waals surface area contributed by atoms with Crippen LogP contribution in [0.4, 0.5) is 0 Å². The Kier molecular flexibility index (Phi) is 3.87. The van der Waals surface area contributed by atoms with E-state index in [0.717, 1.165) is 22.0 Å². The van der Waals surface area contributed by atoms with Gasteiger partial charge in [0.2, 0.25) is 6.20 Å². The molecule has 0 unspecified atom stereocenters. The maximum Gasteiger partial charge on any atom is 0.271 e. The Labute approximate surface area is 128 Å². The van der Waals surface area contributed by atoms with E-state index in [9.17, 15) is 8.42 Å². The minimum absolute atomic E-state index is 0.101. The van der Waals surface area contributed by atoms with Gasteiger partial charge in [0.25, 0.3) is 10.1 Å². The smallest absolute Gasteiger partial charge is 0.271 e. The van der Waals surface area contributed by atoms with Gasteiger partial charge in [0.15, 0.2) is 6.54 Å². The summed E-state index contributed by atoms with van der Waals surface area (Å²) in [4.78, 5) is 0. The van der Waals surface area contributed by atoms with Crippen LogP contribution >= 0.6 is 0 Å². The number of hydrogen-bond donors (Lipinski definition) is 1. The van der Waals surface area contributed by atoms with Crippen molar-refractivity contribution < 1.29 is 17.7 Å². The number of fused-ring (bicyclic) bond motifs is 1. The minimum atomic E-state index is -4.01. The zero-order valence-corrected chi connectivity index (χ0v) is 12.6. The lowest BCUT2D eigenvalue weighted by molar-refractivity contribution is -0.747. The van der Waals surface area contributed by atoms with Crippen LogP contribution in [0.2, 0.25) is 0 Å². The predicted octanol–water partition coefficient (Wildman–Crippen LogP) is 2.08. The molecule has 1 aromatic heterocycles. The van der Waals surface area contributed by atoms with Gasteiger partial charge in [0.1, 0.15) is 11.3 Å². The molecule has 0 saturated carbocycles. The minimum Gasteiger partial charge on any atom is -0.285 e. The van der Waals surface area contributed by atoms with Crippen molar-refractivity contribution in [2.24, 2.45) is 0 Å². The van der Waals surface area contributed by atoms with E-state index in [1.165, 1.54) is 0 Å². The van der Waals surface area contributed by atoms with Crippen molar-refractivity contribution >= 4 is 21.0 Å². The van der Waals surface area contributed by atoms with Crippen molar-refractivity contribution in [3.63, 3.8) is 0 Å². The molecular formula is C16H15N2O3S+.